The van der Waals surface area contributed by atoms with Crippen LogP contribution in [0.25, 0.3) is 16.5 Å². The molecule has 0 saturated heterocycles. The second-order valence-electron chi connectivity index (χ2n) is 7.55. The average Bonchev–Trinajstić information content (AvgIpc) is 3.39. The van der Waals surface area contributed by atoms with Crippen molar-refractivity contribution in [1.82, 2.24) is 19.9 Å². The molecule has 1 atom stereocenters. The zero-order valence-corrected chi connectivity index (χ0v) is 22.0. The first-order valence-corrected chi connectivity index (χ1v) is 12.7. The van der Waals surface area contributed by atoms with Crippen molar-refractivity contribution in [1.29, 1.82) is 0 Å². The summed E-state index contributed by atoms with van der Waals surface area (Å²) >= 11 is 6.44. The molecule has 11 heteroatoms. The van der Waals surface area contributed by atoms with Gasteiger partial charge in [0.05, 0.1) is 17.0 Å². The molecule has 0 saturated carbocycles. The zero-order valence-electron chi connectivity index (χ0n) is 20.2. The molecule has 2 N–H and O–H groups in total. The molecule has 0 spiro atoms. The van der Waals surface area contributed by atoms with E-state index < -0.39 is 23.8 Å². The number of nitrogens with zero attached hydrogens (tertiary/aromatic N) is 3. The van der Waals surface area contributed by atoms with Gasteiger partial charge in [-0.25, -0.2) is 23.1 Å². The maximum absolute atomic E-state index is 14.6. The van der Waals surface area contributed by atoms with Crippen molar-refractivity contribution in [2.24, 2.45) is 7.05 Å². The zero-order chi connectivity index (χ0) is 26.3. The van der Waals surface area contributed by atoms with Crippen molar-refractivity contribution in [3.8, 4) is 0 Å². The molecule has 6 nitrogen and oxygen atoms in total. The van der Waals surface area contributed by atoms with Crippen LogP contribution in [-0.2, 0) is 7.05 Å². The molecule has 190 valence electrons. The van der Waals surface area contributed by atoms with E-state index in [0.29, 0.717) is 30.1 Å². The Labute approximate surface area is 213 Å². The highest BCUT2D eigenvalue weighted by Crippen LogP contribution is 2.30. The first-order valence-electron chi connectivity index (χ1n) is 11.1. The number of hydrogen-bond acceptors (Lipinski definition) is 7. The van der Waals surface area contributed by atoms with Crippen molar-refractivity contribution in [3.63, 3.8) is 0 Å². The third-order valence-corrected chi connectivity index (χ3v) is 5.46. The lowest BCUT2D eigenvalue weighted by molar-refractivity contribution is 0.146. The van der Waals surface area contributed by atoms with E-state index in [2.05, 4.69) is 43.9 Å². The molecular formula is C24H30F3N5OS2. The smallest absolute Gasteiger partial charge is 0.277 e. The van der Waals surface area contributed by atoms with Gasteiger partial charge in [-0.1, -0.05) is 38.1 Å². The van der Waals surface area contributed by atoms with Gasteiger partial charge < -0.3 is 15.2 Å². The van der Waals surface area contributed by atoms with Gasteiger partial charge in [0, 0.05) is 31.4 Å². The maximum Gasteiger partial charge on any atom is 0.277 e. The number of nitrogens with one attached hydrogen (secondary N) is 2. The van der Waals surface area contributed by atoms with Gasteiger partial charge in [-0.2, -0.15) is 0 Å². The van der Waals surface area contributed by atoms with Gasteiger partial charge in [0.15, 0.2) is 0 Å². The Bertz CT molecular complexity index is 1260. The first kappa shape index (κ1) is 28.7. The van der Waals surface area contributed by atoms with Gasteiger partial charge in [-0.15, -0.1) is 23.3 Å². The standard InChI is InChI=1S/C22H22F3N5O.C2H6.H2S2/c1-11(14-5-4-6-15(18(14)23)20(24)25)27-21-16-9-17(13-7-8-26-10-13)30(3)22(31)19(16)28-12(2)29-21;2*1-2/h4-7,9,11,20,26H,8,10H2,1-3H3,(H,27,28,29);1-2H3;1-2H/t11-;;/m1../s1. The third kappa shape index (κ3) is 6.20. The number of aryl methyl sites for hydroxylation is 1. The fourth-order valence-electron chi connectivity index (χ4n) is 3.82. The summed E-state index contributed by atoms with van der Waals surface area (Å²) < 4.78 is 42.4. The average molecular weight is 526 g/mol. The second kappa shape index (κ2) is 13.0. The molecule has 0 unspecified atom stereocenters. The summed E-state index contributed by atoms with van der Waals surface area (Å²) in [5.74, 6) is -0.232. The number of hydrogen-bond donors (Lipinski definition) is 4. The lowest BCUT2D eigenvalue weighted by atomic mass is 10.0. The van der Waals surface area contributed by atoms with Crippen molar-refractivity contribution in [2.75, 3.05) is 18.4 Å². The van der Waals surface area contributed by atoms with Gasteiger partial charge in [0.2, 0.25) is 0 Å². The number of anilines is 1. The maximum atomic E-state index is 14.6. The summed E-state index contributed by atoms with van der Waals surface area (Å²) in [7, 11) is 1.69. The summed E-state index contributed by atoms with van der Waals surface area (Å²) in [5.41, 5.74) is 1.13. The molecule has 0 amide bonds. The van der Waals surface area contributed by atoms with Crippen molar-refractivity contribution in [2.45, 2.75) is 40.2 Å². The van der Waals surface area contributed by atoms with E-state index in [0.717, 1.165) is 17.3 Å². The van der Waals surface area contributed by atoms with E-state index in [1.807, 2.05) is 26.0 Å². The first-order chi connectivity index (χ1) is 16.8. The Morgan fingerprint density at radius 2 is 1.83 bits per heavy atom. The fraction of sp³-hybridized carbons (Fsp3) is 0.375. The molecule has 3 heterocycles. The predicted molar refractivity (Wildman–Crippen MR) is 143 cm³/mol. The van der Waals surface area contributed by atoms with E-state index in [-0.39, 0.29) is 16.6 Å². The van der Waals surface area contributed by atoms with Gasteiger partial charge in [-0.3, -0.25) is 4.79 Å². The van der Waals surface area contributed by atoms with Crippen LogP contribution < -0.4 is 16.2 Å². The molecule has 0 bridgehead atoms. The Morgan fingerprint density at radius 1 is 1.17 bits per heavy atom. The van der Waals surface area contributed by atoms with Crippen LogP contribution in [-0.4, -0.2) is 27.6 Å². The summed E-state index contributed by atoms with van der Waals surface area (Å²) in [6.45, 7) is 8.66. The van der Waals surface area contributed by atoms with E-state index in [1.165, 1.54) is 12.1 Å². The van der Waals surface area contributed by atoms with Crippen LogP contribution in [0.1, 0.15) is 55.9 Å². The Hall–Kier alpha value is -2.50. The molecule has 1 aliphatic heterocycles. The monoisotopic (exact) mass is 525 g/mol. The largest absolute Gasteiger partial charge is 0.363 e. The number of alkyl halides is 2. The number of halogens is 3. The quantitative estimate of drug-likeness (QED) is 0.256. The summed E-state index contributed by atoms with van der Waals surface area (Å²) in [4.78, 5) is 21.7. The summed E-state index contributed by atoms with van der Waals surface area (Å²) in [6.07, 6.45) is -0.899. The second-order valence-corrected chi connectivity index (χ2v) is 7.55. The van der Waals surface area contributed by atoms with Crippen LogP contribution in [0.15, 0.2) is 35.1 Å². The van der Waals surface area contributed by atoms with Crippen LogP contribution >= 0.6 is 23.3 Å². The van der Waals surface area contributed by atoms with Gasteiger partial charge in [0.1, 0.15) is 23.0 Å². The number of fused-ring (bicyclic) bond motifs is 1. The number of benzene rings is 1. The minimum atomic E-state index is -2.91. The molecule has 35 heavy (non-hydrogen) atoms. The Balaban J connectivity index is 0.00000103. The highest BCUT2D eigenvalue weighted by atomic mass is 33.1. The molecule has 1 aromatic carbocycles. The van der Waals surface area contributed by atoms with Gasteiger partial charge in [0.25, 0.3) is 12.0 Å². The van der Waals surface area contributed by atoms with Crippen LogP contribution in [0.4, 0.5) is 19.0 Å². The van der Waals surface area contributed by atoms with Crippen molar-refractivity contribution in [3.05, 3.63) is 69.2 Å². The number of pyridine rings is 1. The minimum absolute atomic E-state index is 0.0916. The molecular weight excluding hydrogens is 495 g/mol. The molecule has 3 aromatic rings. The Morgan fingerprint density at radius 3 is 2.43 bits per heavy atom. The Kier molecular flexibility index (Phi) is 10.7. The lowest BCUT2D eigenvalue weighted by Gasteiger charge is -2.19. The van der Waals surface area contributed by atoms with E-state index in [1.54, 1.807) is 25.5 Å². The summed E-state index contributed by atoms with van der Waals surface area (Å²) in [6, 6.07) is 5.08. The normalized spacial score (nSPS) is 13.5. The molecule has 0 aliphatic carbocycles. The van der Waals surface area contributed by atoms with Crippen LogP contribution in [0.2, 0.25) is 0 Å². The highest BCUT2D eigenvalue weighted by Gasteiger charge is 2.22. The SMILES string of the molecule is CC.Cc1nc(N[C@H](C)c2cccc(C(F)F)c2F)c2cc(C3=CCNC3)n(C)c(=O)c2n1.SS. The van der Waals surface area contributed by atoms with Gasteiger partial charge in [-0.05, 0) is 25.5 Å². The third-order valence-electron chi connectivity index (χ3n) is 5.46. The van der Waals surface area contributed by atoms with Gasteiger partial charge >= 0.3 is 0 Å². The highest BCUT2D eigenvalue weighted by molar-refractivity contribution is 8.59. The van der Waals surface area contributed by atoms with E-state index in [4.69, 9.17) is 0 Å². The molecule has 0 radical (unpaired) electrons. The van der Waals surface area contributed by atoms with E-state index in [9.17, 15) is 18.0 Å². The fourth-order valence-corrected chi connectivity index (χ4v) is 3.82. The van der Waals surface area contributed by atoms with Crippen LogP contribution in [0.5, 0.6) is 0 Å². The number of thiol groups is 2. The van der Waals surface area contributed by atoms with Crippen molar-refractivity contribution >= 4 is 45.6 Å². The lowest BCUT2D eigenvalue weighted by Crippen LogP contribution is -2.23. The summed E-state index contributed by atoms with van der Waals surface area (Å²) in [5, 5.41) is 6.79. The minimum Gasteiger partial charge on any atom is -0.363 e. The molecule has 0 fully saturated rings. The predicted octanol–water partition coefficient (Wildman–Crippen LogP) is 5.66. The molecule has 4 rings (SSSR count). The van der Waals surface area contributed by atoms with Crippen molar-refractivity contribution < 1.29 is 13.2 Å². The number of rotatable bonds is 5. The number of aromatic nitrogens is 3. The van der Waals surface area contributed by atoms with E-state index >= 15 is 0 Å². The molecule has 1 aliphatic rings. The van der Waals surface area contributed by atoms with Crippen LogP contribution in [0, 0.1) is 12.7 Å². The van der Waals surface area contributed by atoms with Crippen LogP contribution in [0.3, 0.4) is 0 Å². The topological polar surface area (TPSA) is 71.8 Å². The molecule has 2 aromatic heterocycles.